The molecule has 12 heavy (non-hydrogen) atoms. The molecule has 0 aliphatic heterocycles. The van der Waals surface area contributed by atoms with Gasteiger partial charge in [0.1, 0.15) is 0 Å². The first-order valence-corrected chi connectivity index (χ1v) is 4.74. The Hall–Kier alpha value is -0.780. The van der Waals surface area contributed by atoms with E-state index in [1.54, 1.807) is 11.1 Å². The van der Waals surface area contributed by atoms with Gasteiger partial charge in [-0.1, -0.05) is 38.1 Å². The highest BCUT2D eigenvalue weighted by molar-refractivity contribution is 5.30. The SMILES string of the molecule is CC1(C)CCc2ccccc2C1. The predicted molar refractivity (Wildman–Crippen MR) is 52.2 cm³/mol. The Morgan fingerprint density at radius 3 is 2.50 bits per heavy atom. The van der Waals surface area contributed by atoms with Crippen LogP contribution in [0, 0.1) is 5.41 Å². The van der Waals surface area contributed by atoms with Gasteiger partial charge in [-0.15, -0.1) is 0 Å². The molecule has 0 unspecified atom stereocenters. The van der Waals surface area contributed by atoms with Gasteiger partial charge in [-0.2, -0.15) is 0 Å². The number of rotatable bonds is 0. The van der Waals surface area contributed by atoms with Crippen molar-refractivity contribution >= 4 is 0 Å². The van der Waals surface area contributed by atoms with Gasteiger partial charge >= 0.3 is 0 Å². The van der Waals surface area contributed by atoms with Crippen LogP contribution in [0.3, 0.4) is 0 Å². The predicted octanol–water partition coefficient (Wildman–Crippen LogP) is 3.20. The number of hydrogen-bond donors (Lipinski definition) is 0. The van der Waals surface area contributed by atoms with Crippen LogP contribution in [-0.2, 0) is 12.8 Å². The summed E-state index contributed by atoms with van der Waals surface area (Å²) in [6.07, 6.45) is 3.86. The summed E-state index contributed by atoms with van der Waals surface area (Å²) in [5.41, 5.74) is 3.65. The Labute approximate surface area is 74.6 Å². The van der Waals surface area contributed by atoms with Crippen molar-refractivity contribution in [3.05, 3.63) is 35.4 Å². The van der Waals surface area contributed by atoms with E-state index in [1.807, 2.05) is 0 Å². The quantitative estimate of drug-likeness (QED) is 0.546. The number of benzene rings is 1. The lowest BCUT2D eigenvalue weighted by Gasteiger charge is -2.31. The van der Waals surface area contributed by atoms with Gasteiger partial charge in [-0.05, 0) is 35.8 Å². The second-order valence-corrected chi connectivity index (χ2v) is 4.61. The Morgan fingerprint density at radius 1 is 1.08 bits per heavy atom. The molecule has 0 saturated carbocycles. The van der Waals surface area contributed by atoms with E-state index in [0.717, 1.165) is 0 Å². The molecule has 1 aliphatic rings. The maximum atomic E-state index is 2.36. The van der Waals surface area contributed by atoms with E-state index in [4.69, 9.17) is 0 Å². The van der Waals surface area contributed by atoms with Crippen LogP contribution in [-0.4, -0.2) is 0 Å². The van der Waals surface area contributed by atoms with Crippen molar-refractivity contribution in [3.8, 4) is 0 Å². The number of fused-ring (bicyclic) bond motifs is 1. The summed E-state index contributed by atoms with van der Waals surface area (Å²) in [5, 5.41) is 0. The lowest BCUT2D eigenvalue weighted by Crippen LogP contribution is -2.21. The monoisotopic (exact) mass is 160 g/mol. The minimum atomic E-state index is 0.522. The first kappa shape index (κ1) is 7.85. The van der Waals surface area contributed by atoms with Gasteiger partial charge in [0.25, 0.3) is 0 Å². The molecule has 0 spiro atoms. The van der Waals surface area contributed by atoms with E-state index in [2.05, 4.69) is 38.1 Å². The molecule has 2 rings (SSSR count). The molecule has 0 nitrogen and oxygen atoms in total. The van der Waals surface area contributed by atoms with Crippen LogP contribution in [0.25, 0.3) is 0 Å². The van der Waals surface area contributed by atoms with E-state index in [9.17, 15) is 0 Å². The van der Waals surface area contributed by atoms with Gasteiger partial charge in [0.05, 0.1) is 0 Å². The molecule has 0 atom stereocenters. The molecule has 0 radical (unpaired) electrons. The molecule has 0 heterocycles. The summed E-state index contributed by atoms with van der Waals surface area (Å²) in [6.45, 7) is 4.73. The fraction of sp³-hybridized carbons (Fsp3) is 0.500. The molecule has 0 amide bonds. The van der Waals surface area contributed by atoms with E-state index < -0.39 is 0 Å². The summed E-state index contributed by atoms with van der Waals surface area (Å²) in [4.78, 5) is 0. The molecule has 0 saturated heterocycles. The number of aryl methyl sites for hydroxylation is 1. The lowest BCUT2D eigenvalue weighted by atomic mass is 9.74. The van der Waals surface area contributed by atoms with E-state index in [-0.39, 0.29) is 0 Å². The summed E-state index contributed by atoms with van der Waals surface area (Å²) in [5.74, 6) is 0. The molecule has 0 heteroatoms. The van der Waals surface area contributed by atoms with Gasteiger partial charge in [-0.25, -0.2) is 0 Å². The molecular formula is C12H16. The van der Waals surface area contributed by atoms with Gasteiger partial charge in [-0.3, -0.25) is 0 Å². The van der Waals surface area contributed by atoms with Crippen LogP contribution in [0.5, 0.6) is 0 Å². The Balaban J connectivity index is 2.35. The fourth-order valence-corrected chi connectivity index (χ4v) is 2.05. The Kier molecular flexibility index (Phi) is 1.71. The summed E-state index contributed by atoms with van der Waals surface area (Å²) >= 11 is 0. The Bertz CT molecular complexity index is 284. The van der Waals surface area contributed by atoms with Crippen molar-refractivity contribution in [2.45, 2.75) is 33.1 Å². The first-order valence-electron chi connectivity index (χ1n) is 4.74. The van der Waals surface area contributed by atoms with Crippen LogP contribution in [0.15, 0.2) is 24.3 Å². The molecule has 0 bridgehead atoms. The highest BCUT2D eigenvalue weighted by Crippen LogP contribution is 2.34. The molecule has 1 aromatic carbocycles. The zero-order chi connectivity index (χ0) is 8.60. The van der Waals surface area contributed by atoms with Gasteiger partial charge < -0.3 is 0 Å². The molecular weight excluding hydrogens is 144 g/mol. The molecule has 1 aliphatic carbocycles. The van der Waals surface area contributed by atoms with E-state index in [1.165, 1.54) is 19.3 Å². The van der Waals surface area contributed by atoms with Crippen LogP contribution in [0.2, 0.25) is 0 Å². The normalized spacial score (nSPS) is 20.2. The summed E-state index contributed by atoms with van der Waals surface area (Å²) in [6, 6.07) is 8.85. The van der Waals surface area contributed by atoms with Crippen molar-refractivity contribution in [2.75, 3.05) is 0 Å². The minimum absolute atomic E-state index is 0.522. The fourth-order valence-electron chi connectivity index (χ4n) is 2.05. The van der Waals surface area contributed by atoms with Crippen molar-refractivity contribution in [1.29, 1.82) is 0 Å². The van der Waals surface area contributed by atoms with Crippen LogP contribution >= 0.6 is 0 Å². The van der Waals surface area contributed by atoms with Crippen molar-refractivity contribution in [3.63, 3.8) is 0 Å². The topological polar surface area (TPSA) is 0 Å². The van der Waals surface area contributed by atoms with Crippen molar-refractivity contribution in [2.24, 2.45) is 5.41 Å². The highest BCUT2D eigenvalue weighted by atomic mass is 14.3. The maximum Gasteiger partial charge on any atom is -0.0224 e. The molecule has 0 N–H and O–H groups in total. The number of hydrogen-bond acceptors (Lipinski definition) is 0. The second kappa shape index (κ2) is 2.62. The van der Waals surface area contributed by atoms with E-state index in [0.29, 0.717) is 5.41 Å². The van der Waals surface area contributed by atoms with Crippen LogP contribution in [0.1, 0.15) is 31.4 Å². The zero-order valence-corrected chi connectivity index (χ0v) is 7.93. The van der Waals surface area contributed by atoms with Crippen molar-refractivity contribution < 1.29 is 0 Å². The third kappa shape index (κ3) is 1.38. The van der Waals surface area contributed by atoms with Gasteiger partial charge in [0, 0.05) is 0 Å². The second-order valence-electron chi connectivity index (χ2n) is 4.61. The lowest BCUT2D eigenvalue weighted by molar-refractivity contribution is 0.315. The zero-order valence-electron chi connectivity index (χ0n) is 7.93. The van der Waals surface area contributed by atoms with E-state index >= 15 is 0 Å². The van der Waals surface area contributed by atoms with Gasteiger partial charge in [0.2, 0.25) is 0 Å². The minimum Gasteiger partial charge on any atom is -0.0620 e. The third-order valence-electron chi connectivity index (χ3n) is 2.86. The summed E-state index contributed by atoms with van der Waals surface area (Å²) in [7, 11) is 0. The van der Waals surface area contributed by atoms with Crippen molar-refractivity contribution in [1.82, 2.24) is 0 Å². The van der Waals surface area contributed by atoms with Gasteiger partial charge in [0.15, 0.2) is 0 Å². The standard InChI is InChI=1S/C12H16/c1-12(2)8-7-10-5-3-4-6-11(10)9-12/h3-6H,7-9H2,1-2H3. The van der Waals surface area contributed by atoms with Crippen LogP contribution in [0.4, 0.5) is 0 Å². The summed E-state index contributed by atoms with van der Waals surface area (Å²) < 4.78 is 0. The molecule has 0 aromatic heterocycles. The largest absolute Gasteiger partial charge is 0.0620 e. The average Bonchev–Trinajstić information content (AvgIpc) is 2.02. The molecule has 1 aromatic rings. The van der Waals surface area contributed by atoms with Crippen LogP contribution < -0.4 is 0 Å². The third-order valence-corrected chi connectivity index (χ3v) is 2.86. The molecule has 64 valence electrons. The smallest absolute Gasteiger partial charge is 0.0224 e. The average molecular weight is 160 g/mol. The first-order chi connectivity index (χ1) is 5.67. The highest BCUT2D eigenvalue weighted by Gasteiger charge is 2.24. The maximum absolute atomic E-state index is 2.36. The molecule has 0 fully saturated rings. The Morgan fingerprint density at radius 2 is 1.75 bits per heavy atom.